The standard InChI is InChI=1S/C16H19N3S/c1-9(2)14-15(17)19-13(8-20-16(19)18-14)12-6-5-10(3)11(4)7-12/h5-9H,17H2,1-4H3. The summed E-state index contributed by atoms with van der Waals surface area (Å²) >= 11 is 1.64. The zero-order valence-corrected chi connectivity index (χ0v) is 13.1. The molecule has 2 heterocycles. The smallest absolute Gasteiger partial charge is 0.196 e. The zero-order chi connectivity index (χ0) is 14.4. The number of fused-ring (bicyclic) bond motifs is 1. The number of anilines is 1. The van der Waals surface area contributed by atoms with Crippen LogP contribution < -0.4 is 5.73 Å². The molecule has 20 heavy (non-hydrogen) atoms. The number of aromatic nitrogens is 2. The highest BCUT2D eigenvalue weighted by molar-refractivity contribution is 7.15. The van der Waals surface area contributed by atoms with Gasteiger partial charge < -0.3 is 5.73 Å². The van der Waals surface area contributed by atoms with E-state index in [4.69, 9.17) is 5.73 Å². The Morgan fingerprint density at radius 3 is 2.60 bits per heavy atom. The first kappa shape index (κ1) is 13.2. The monoisotopic (exact) mass is 285 g/mol. The second-order valence-corrected chi connectivity index (χ2v) is 6.41. The Morgan fingerprint density at radius 2 is 1.95 bits per heavy atom. The Balaban J connectivity index is 2.23. The van der Waals surface area contributed by atoms with Gasteiger partial charge in [0.2, 0.25) is 0 Å². The van der Waals surface area contributed by atoms with Gasteiger partial charge in [-0.3, -0.25) is 4.40 Å². The van der Waals surface area contributed by atoms with E-state index in [1.807, 2.05) is 0 Å². The molecule has 2 aromatic heterocycles. The second kappa shape index (κ2) is 4.63. The molecule has 3 rings (SSSR count). The van der Waals surface area contributed by atoms with Gasteiger partial charge in [-0.15, -0.1) is 11.3 Å². The van der Waals surface area contributed by atoms with Gasteiger partial charge in [-0.1, -0.05) is 26.0 Å². The van der Waals surface area contributed by atoms with Crippen molar-refractivity contribution >= 4 is 22.1 Å². The maximum atomic E-state index is 6.30. The fourth-order valence-electron chi connectivity index (χ4n) is 2.42. The van der Waals surface area contributed by atoms with Crippen LogP contribution in [0.2, 0.25) is 0 Å². The molecular formula is C16H19N3S. The lowest BCUT2D eigenvalue weighted by molar-refractivity contribution is 0.838. The molecule has 0 bridgehead atoms. The Morgan fingerprint density at radius 1 is 1.20 bits per heavy atom. The summed E-state index contributed by atoms with van der Waals surface area (Å²) < 4.78 is 2.07. The predicted octanol–water partition coefficient (Wildman–Crippen LogP) is 4.39. The summed E-state index contributed by atoms with van der Waals surface area (Å²) in [6.45, 7) is 8.51. The Hall–Kier alpha value is -1.81. The minimum Gasteiger partial charge on any atom is -0.383 e. The number of hydrogen-bond acceptors (Lipinski definition) is 3. The van der Waals surface area contributed by atoms with E-state index in [-0.39, 0.29) is 0 Å². The van der Waals surface area contributed by atoms with Crippen molar-refractivity contribution in [3.8, 4) is 11.3 Å². The van der Waals surface area contributed by atoms with Crippen LogP contribution in [0.4, 0.5) is 5.82 Å². The van der Waals surface area contributed by atoms with Crippen molar-refractivity contribution in [2.45, 2.75) is 33.6 Å². The van der Waals surface area contributed by atoms with Crippen LogP contribution in [0.5, 0.6) is 0 Å². The van der Waals surface area contributed by atoms with Crippen LogP contribution in [0, 0.1) is 13.8 Å². The first-order valence-corrected chi connectivity index (χ1v) is 7.70. The molecule has 0 fully saturated rings. The molecule has 0 radical (unpaired) electrons. The molecule has 0 spiro atoms. The van der Waals surface area contributed by atoms with Crippen LogP contribution in [-0.2, 0) is 0 Å². The van der Waals surface area contributed by atoms with E-state index in [0.717, 1.165) is 22.2 Å². The van der Waals surface area contributed by atoms with Gasteiger partial charge in [0, 0.05) is 5.38 Å². The summed E-state index contributed by atoms with van der Waals surface area (Å²) in [5.74, 6) is 1.11. The zero-order valence-electron chi connectivity index (χ0n) is 12.3. The van der Waals surface area contributed by atoms with Crippen molar-refractivity contribution in [3.05, 3.63) is 40.4 Å². The van der Waals surface area contributed by atoms with Gasteiger partial charge in [-0.25, -0.2) is 4.98 Å². The van der Waals surface area contributed by atoms with Crippen LogP contribution in [0.3, 0.4) is 0 Å². The molecule has 0 aliphatic rings. The van der Waals surface area contributed by atoms with Crippen molar-refractivity contribution in [2.24, 2.45) is 0 Å². The summed E-state index contributed by atoms with van der Waals surface area (Å²) in [5, 5.41) is 2.13. The van der Waals surface area contributed by atoms with E-state index in [9.17, 15) is 0 Å². The summed E-state index contributed by atoms with van der Waals surface area (Å²) in [6.07, 6.45) is 0. The summed E-state index contributed by atoms with van der Waals surface area (Å²) in [7, 11) is 0. The van der Waals surface area contributed by atoms with Crippen LogP contribution in [0.15, 0.2) is 23.6 Å². The van der Waals surface area contributed by atoms with Crippen LogP contribution in [-0.4, -0.2) is 9.38 Å². The maximum absolute atomic E-state index is 6.30. The molecule has 3 aromatic rings. The van der Waals surface area contributed by atoms with Crippen molar-refractivity contribution in [2.75, 3.05) is 5.73 Å². The Labute approximate surface area is 123 Å². The number of nitrogens with zero attached hydrogens (tertiary/aromatic N) is 2. The third-order valence-corrected chi connectivity index (χ3v) is 4.60. The van der Waals surface area contributed by atoms with E-state index in [0.29, 0.717) is 5.92 Å². The van der Waals surface area contributed by atoms with E-state index in [2.05, 4.69) is 60.7 Å². The Bertz CT molecular complexity index is 780. The van der Waals surface area contributed by atoms with Gasteiger partial charge in [0.1, 0.15) is 5.82 Å². The van der Waals surface area contributed by atoms with Gasteiger partial charge in [-0.2, -0.15) is 0 Å². The highest BCUT2D eigenvalue weighted by atomic mass is 32.1. The highest BCUT2D eigenvalue weighted by Crippen LogP contribution is 2.33. The highest BCUT2D eigenvalue weighted by Gasteiger charge is 2.17. The lowest BCUT2D eigenvalue weighted by atomic mass is 10.0. The van der Waals surface area contributed by atoms with Gasteiger partial charge >= 0.3 is 0 Å². The number of rotatable bonds is 2. The summed E-state index contributed by atoms with van der Waals surface area (Å²) in [6, 6.07) is 6.52. The summed E-state index contributed by atoms with van der Waals surface area (Å²) in [4.78, 5) is 5.63. The largest absolute Gasteiger partial charge is 0.383 e. The Kier molecular flexibility index (Phi) is 3.05. The van der Waals surface area contributed by atoms with E-state index < -0.39 is 0 Å². The number of nitrogens with two attached hydrogens (primary N) is 1. The molecule has 0 amide bonds. The van der Waals surface area contributed by atoms with Crippen molar-refractivity contribution in [1.82, 2.24) is 9.38 Å². The van der Waals surface area contributed by atoms with Gasteiger partial charge in [0.05, 0.1) is 11.4 Å². The molecule has 0 aliphatic carbocycles. The minimum absolute atomic E-state index is 0.342. The fourth-order valence-corrected chi connectivity index (χ4v) is 3.34. The fraction of sp³-hybridized carbons (Fsp3) is 0.312. The third-order valence-electron chi connectivity index (χ3n) is 3.78. The SMILES string of the molecule is Cc1ccc(-c2csc3nc(C(C)C)c(N)n23)cc1C. The number of aryl methyl sites for hydroxylation is 2. The quantitative estimate of drug-likeness (QED) is 0.759. The summed E-state index contributed by atoms with van der Waals surface area (Å²) in [5.41, 5.74) is 12.2. The van der Waals surface area contributed by atoms with E-state index in [1.165, 1.54) is 16.7 Å². The van der Waals surface area contributed by atoms with Crippen molar-refractivity contribution in [1.29, 1.82) is 0 Å². The number of thiazole rings is 1. The number of imidazole rings is 1. The second-order valence-electron chi connectivity index (χ2n) is 5.57. The molecular weight excluding hydrogens is 266 g/mol. The molecule has 4 heteroatoms. The molecule has 3 nitrogen and oxygen atoms in total. The third kappa shape index (κ3) is 1.91. The van der Waals surface area contributed by atoms with Crippen molar-refractivity contribution < 1.29 is 0 Å². The average Bonchev–Trinajstić information content (AvgIpc) is 2.94. The first-order valence-electron chi connectivity index (χ1n) is 6.82. The number of nitrogen functional groups attached to an aromatic ring is 1. The normalized spacial score (nSPS) is 11.7. The average molecular weight is 285 g/mol. The molecule has 0 saturated carbocycles. The first-order chi connectivity index (χ1) is 9.49. The van der Waals surface area contributed by atoms with Crippen LogP contribution in [0.1, 0.15) is 36.6 Å². The lowest BCUT2D eigenvalue weighted by Crippen LogP contribution is -1.99. The molecule has 0 unspecified atom stereocenters. The predicted molar refractivity (Wildman–Crippen MR) is 86.5 cm³/mol. The van der Waals surface area contributed by atoms with Crippen LogP contribution in [0.25, 0.3) is 16.2 Å². The molecule has 0 saturated heterocycles. The van der Waals surface area contributed by atoms with Gasteiger partial charge in [-0.05, 0) is 42.5 Å². The molecule has 2 N–H and O–H groups in total. The number of hydrogen-bond donors (Lipinski definition) is 1. The lowest BCUT2D eigenvalue weighted by Gasteiger charge is -2.06. The van der Waals surface area contributed by atoms with E-state index >= 15 is 0 Å². The molecule has 0 atom stereocenters. The van der Waals surface area contributed by atoms with Gasteiger partial charge in [0.15, 0.2) is 4.96 Å². The minimum atomic E-state index is 0.342. The molecule has 0 aliphatic heterocycles. The molecule has 1 aromatic carbocycles. The van der Waals surface area contributed by atoms with Crippen molar-refractivity contribution in [3.63, 3.8) is 0 Å². The van der Waals surface area contributed by atoms with Crippen LogP contribution >= 0.6 is 11.3 Å². The van der Waals surface area contributed by atoms with E-state index in [1.54, 1.807) is 11.3 Å². The number of benzene rings is 1. The maximum Gasteiger partial charge on any atom is 0.196 e. The molecule has 104 valence electrons. The van der Waals surface area contributed by atoms with Gasteiger partial charge in [0.25, 0.3) is 0 Å². The topological polar surface area (TPSA) is 43.3 Å².